The van der Waals surface area contributed by atoms with E-state index in [9.17, 15) is 9.59 Å². The highest BCUT2D eigenvalue weighted by atomic mass is 32.1. The zero-order valence-corrected chi connectivity index (χ0v) is 17.4. The summed E-state index contributed by atoms with van der Waals surface area (Å²) >= 11 is 1.57. The standard InChI is InChI=1S/C24H18N2O4S/c1-29-21-14-17(16-27)9-11-20(21)30-23(28)12-10-18-15-26(19-6-3-2-4-7-19)25-24(18)22-8-5-13-31-22/h2-16H,1H3/b12-10+. The van der Waals surface area contributed by atoms with Gasteiger partial charge in [0.15, 0.2) is 11.5 Å². The first kappa shape index (κ1) is 20.3. The van der Waals surface area contributed by atoms with E-state index >= 15 is 0 Å². The van der Waals surface area contributed by atoms with Gasteiger partial charge in [-0.05, 0) is 47.9 Å². The number of esters is 1. The molecular formula is C24H18N2O4S. The van der Waals surface area contributed by atoms with Crippen molar-refractivity contribution in [1.29, 1.82) is 0 Å². The number of hydrogen-bond acceptors (Lipinski definition) is 6. The van der Waals surface area contributed by atoms with Gasteiger partial charge >= 0.3 is 5.97 Å². The van der Waals surface area contributed by atoms with Gasteiger partial charge in [-0.25, -0.2) is 9.48 Å². The smallest absolute Gasteiger partial charge is 0.336 e. The number of aromatic nitrogens is 2. The Hall–Kier alpha value is -3.97. The summed E-state index contributed by atoms with van der Waals surface area (Å²) in [6.45, 7) is 0. The molecule has 0 aliphatic heterocycles. The van der Waals surface area contributed by atoms with E-state index in [0.29, 0.717) is 17.6 Å². The van der Waals surface area contributed by atoms with Crippen LogP contribution in [0.1, 0.15) is 15.9 Å². The van der Waals surface area contributed by atoms with Crippen molar-refractivity contribution in [2.45, 2.75) is 0 Å². The van der Waals surface area contributed by atoms with Crippen molar-refractivity contribution in [3.05, 3.63) is 89.4 Å². The topological polar surface area (TPSA) is 70.4 Å². The Morgan fingerprint density at radius 3 is 2.61 bits per heavy atom. The number of rotatable bonds is 7. The number of para-hydroxylation sites is 1. The Morgan fingerprint density at radius 2 is 1.90 bits per heavy atom. The van der Waals surface area contributed by atoms with Crippen LogP contribution >= 0.6 is 11.3 Å². The Kier molecular flexibility index (Phi) is 6.05. The van der Waals surface area contributed by atoms with Crippen molar-refractivity contribution in [3.63, 3.8) is 0 Å². The first-order valence-electron chi connectivity index (χ1n) is 9.40. The highest BCUT2D eigenvalue weighted by Gasteiger charge is 2.13. The van der Waals surface area contributed by atoms with E-state index < -0.39 is 5.97 Å². The van der Waals surface area contributed by atoms with Gasteiger partial charge in [0.05, 0.1) is 17.7 Å². The molecule has 0 unspecified atom stereocenters. The number of hydrogen-bond donors (Lipinski definition) is 0. The SMILES string of the molecule is COc1cc(C=O)ccc1OC(=O)/C=C/c1cn(-c2ccccc2)nc1-c1cccs1. The zero-order valence-electron chi connectivity index (χ0n) is 16.6. The van der Waals surface area contributed by atoms with Crippen LogP contribution in [0, 0.1) is 0 Å². The molecule has 31 heavy (non-hydrogen) atoms. The predicted molar refractivity (Wildman–Crippen MR) is 120 cm³/mol. The van der Waals surface area contributed by atoms with Crippen molar-refractivity contribution in [1.82, 2.24) is 9.78 Å². The lowest BCUT2D eigenvalue weighted by Crippen LogP contribution is -2.05. The van der Waals surface area contributed by atoms with Crippen molar-refractivity contribution in [2.75, 3.05) is 7.11 Å². The fraction of sp³-hybridized carbons (Fsp3) is 0.0417. The second-order valence-corrected chi connectivity index (χ2v) is 7.42. The van der Waals surface area contributed by atoms with Crippen LogP contribution in [-0.2, 0) is 4.79 Å². The molecule has 0 aliphatic rings. The van der Waals surface area contributed by atoms with Gasteiger partial charge in [0.1, 0.15) is 12.0 Å². The van der Waals surface area contributed by atoms with Crippen LogP contribution < -0.4 is 9.47 Å². The molecule has 6 nitrogen and oxygen atoms in total. The molecule has 0 fully saturated rings. The number of carbonyl (C=O) groups is 2. The van der Waals surface area contributed by atoms with Crippen LogP contribution in [0.4, 0.5) is 0 Å². The van der Waals surface area contributed by atoms with Crippen LogP contribution in [0.5, 0.6) is 11.5 Å². The van der Waals surface area contributed by atoms with Gasteiger partial charge in [-0.1, -0.05) is 24.3 Å². The van der Waals surface area contributed by atoms with E-state index in [1.807, 2.05) is 54.0 Å². The van der Waals surface area contributed by atoms with Gasteiger partial charge in [-0.3, -0.25) is 4.79 Å². The molecule has 0 radical (unpaired) electrons. The average Bonchev–Trinajstić information content (AvgIpc) is 3.48. The molecule has 2 aromatic carbocycles. The number of thiophene rings is 1. The highest BCUT2D eigenvalue weighted by molar-refractivity contribution is 7.13. The average molecular weight is 430 g/mol. The van der Waals surface area contributed by atoms with E-state index in [-0.39, 0.29) is 5.75 Å². The molecule has 0 saturated carbocycles. The summed E-state index contributed by atoms with van der Waals surface area (Å²) in [6, 6.07) is 18.3. The molecule has 0 spiro atoms. The van der Waals surface area contributed by atoms with E-state index in [1.165, 1.54) is 25.3 Å². The molecule has 4 aromatic rings. The molecule has 0 saturated heterocycles. The summed E-state index contributed by atoms with van der Waals surface area (Å²) in [5, 5.41) is 6.68. The number of aldehydes is 1. The minimum absolute atomic E-state index is 0.237. The molecule has 0 atom stereocenters. The molecule has 0 N–H and O–H groups in total. The van der Waals surface area contributed by atoms with Gasteiger partial charge in [0.25, 0.3) is 0 Å². The Balaban J connectivity index is 1.60. The second kappa shape index (κ2) is 9.23. The van der Waals surface area contributed by atoms with E-state index in [2.05, 4.69) is 0 Å². The summed E-state index contributed by atoms with van der Waals surface area (Å²) < 4.78 is 12.4. The van der Waals surface area contributed by atoms with Crippen LogP contribution in [0.3, 0.4) is 0 Å². The second-order valence-electron chi connectivity index (χ2n) is 6.47. The summed E-state index contributed by atoms with van der Waals surface area (Å²) in [6.07, 6.45) is 5.59. The Labute approximate surface area is 183 Å². The Bertz CT molecular complexity index is 1230. The minimum Gasteiger partial charge on any atom is -0.493 e. The van der Waals surface area contributed by atoms with Crippen molar-refractivity contribution in [3.8, 4) is 27.8 Å². The van der Waals surface area contributed by atoms with Crippen LogP contribution in [0.25, 0.3) is 22.3 Å². The van der Waals surface area contributed by atoms with Crippen molar-refractivity contribution >= 4 is 29.7 Å². The first-order valence-corrected chi connectivity index (χ1v) is 10.3. The minimum atomic E-state index is -0.568. The van der Waals surface area contributed by atoms with Crippen molar-refractivity contribution < 1.29 is 19.1 Å². The molecule has 0 amide bonds. The summed E-state index contributed by atoms with van der Waals surface area (Å²) in [7, 11) is 1.45. The molecule has 0 aliphatic carbocycles. The van der Waals surface area contributed by atoms with E-state index in [1.54, 1.807) is 28.2 Å². The van der Waals surface area contributed by atoms with E-state index in [0.717, 1.165) is 21.8 Å². The van der Waals surface area contributed by atoms with Gasteiger partial charge in [0.2, 0.25) is 0 Å². The van der Waals surface area contributed by atoms with Crippen LogP contribution in [0.15, 0.2) is 78.3 Å². The van der Waals surface area contributed by atoms with Gasteiger partial charge in [-0.2, -0.15) is 5.10 Å². The molecule has 4 rings (SSSR count). The number of nitrogens with zero attached hydrogens (tertiary/aromatic N) is 2. The lowest BCUT2D eigenvalue weighted by molar-refractivity contribution is -0.129. The molecular weight excluding hydrogens is 412 g/mol. The normalized spacial score (nSPS) is 10.9. The van der Waals surface area contributed by atoms with Crippen LogP contribution in [0.2, 0.25) is 0 Å². The van der Waals surface area contributed by atoms with Gasteiger partial charge in [-0.15, -0.1) is 11.3 Å². The van der Waals surface area contributed by atoms with Gasteiger partial charge < -0.3 is 9.47 Å². The third-order valence-corrected chi connectivity index (χ3v) is 5.33. The molecule has 0 bridgehead atoms. The van der Waals surface area contributed by atoms with Crippen molar-refractivity contribution in [2.24, 2.45) is 0 Å². The van der Waals surface area contributed by atoms with Crippen LogP contribution in [-0.4, -0.2) is 29.1 Å². The molecule has 154 valence electrons. The predicted octanol–water partition coefficient (Wildman–Crippen LogP) is 5.04. The first-order chi connectivity index (χ1) is 15.2. The highest BCUT2D eigenvalue weighted by Crippen LogP contribution is 2.30. The Morgan fingerprint density at radius 1 is 1.06 bits per heavy atom. The quantitative estimate of drug-likeness (QED) is 0.178. The number of benzene rings is 2. The van der Waals surface area contributed by atoms with E-state index in [4.69, 9.17) is 14.6 Å². The summed E-state index contributed by atoms with van der Waals surface area (Å²) in [5.74, 6) is -0.0227. The summed E-state index contributed by atoms with van der Waals surface area (Å²) in [5.41, 5.74) is 2.91. The maximum Gasteiger partial charge on any atom is 0.336 e. The fourth-order valence-corrected chi connectivity index (χ4v) is 3.70. The summed E-state index contributed by atoms with van der Waals surface area (Å²) in [4.78, 5) is 24.3. The number of carbonyl (C=O) groups excluding carboxylic acids is 2. The number of methoxy groups -OCH3 is 1. The maximum absolute atomic E-state index is 12.4. The largest absolute Gasteiger partial charge is 0.493 e. The third kappa shape index (κ3) is 4.62. The molecule has 7 heteroatoms. The maximum atomic E-state index is 12.4. The fourth-order valence-electron chi connectivity index (χ4n) is 2.97. The van der Waals surface area contributed by atoms with Gasteiger partial charge in [0, 0.05) is 23.4 Å². The zero-order chi connectivity index (χ0) is 21.6. The molecule has 2 heterocycles. The molecule has 2 aromatic heterocycles. The monoisotopic (exact) mass is 430 g/mol. The third-order valence-electron chi connectivity index (χ3n) is 4.45. The lowest BCUT2D eigenvalue weighted by Gasteiger charge is -2.08. The number of ether oxygens (including phenoxy) is 2. The lowest BCUT2D eigenvalue weighted by atomic mass is 10.2.